The minimum absolute atomic E-state index is 0.246. The van der Waals surface area contributed by atoms with Crippen LogP contribution in [0.2, 0.25) is 0 Å². The van der Waals surface area contributed by atoms with Crippen molar-refractivity contribution >= 4 is 27.7 Å². The number of aliphatic imine (C=N–C) groups is 1. The Morgan fingerprint density at radius 1 is 1.36 bits per heavy atom. The fourth-order valence-corrected chi connectivity index (χ4v) is 5.16. The molecule has 1 saturated carbocycles. The van der Waals surface area contributed by atoms with Crippen LogP contribution in [0.25, 0.3) is 0 Å². The third-order valence-electron chi connectivity index (χ3n) is 4.79. The maximum Gasteiger partial charge on any atom is 0.240 e. The minimum Gasteiger partial charge on any atom is -0.383 e. The second kappa shape index (κ2) is 11.6. The molecule has 0 heterocycles. The lowest BCUT2D eigenvalue weighted by Crippen LogP contribution is -2.45. The van der Waals surface area contributed by atoms with Crippen molar-refractivity contribution in [1.29, 1.82) is 0 Å². The van der Waals surface area contributed by atoms with Gasteiger partial charge in [-0.25, -0.2) is 13.1 Å². The average Bonchev–Trinajstić information content (AvgIpc) is 2.71. The van der Waals surface area contributed by atoms with Crippen LogP contribution in [0.1, 0.15) is 31.2 Å². The van der Waals surface area contributed by atoms with Gasteiger partial charge >= 0.3 is 0 Å². The first-order chi connectivity index (χ1) is 13.5. The van der Waals surface area contributed by atoms with Gasteiger partial charge in [0.25, 0.3) is 0 Å². The van der Waals surface area contributed by atoms with E-state index in [9.17, 15) is 8.42 Å². The highest BCUT2D eigenvalue weighted by molar-refractivity contribution is 7.99. The zero-order valence-electron chi connectivity index (χ0n) is 16.9. The van der Waals surface area contributed by atoms with Gasteiger partial charge in [0.2, 0.25) is 10.0 Å². The number of ether oxygens (including phenoxy) is 1. The first-order valence-electron chi connectivity index (χ1n) is 9.56. The quantitative estimate of drug-likeness (QED) is 0.316. The van der Waals surface area contributed by atoms with E-state index in [2.05, 4.69) is 26.6 Å². The van der Waals surface area contributed by atoms with E-state index < -0.39 is 10.0 Å². The fourth-order valence-electron chi connectivity index (χ4n) is 3.25. The van der Waals surface area contributed by atoms with Crippen LogP contribution in [0, 0.1) is 0 Å². The van der Waals surface area contributed by atoms with Gasteiger partial charge in [0.1, 0.15) is 0 Å². The van der Waals surface area contributed by atoms with E-state index in [0.29, 0.717) is 24.4 Å². The van der Waals surface area contributed by atoms with E-state index in [1.54, 1.807) is 25.2 Å². The Labute approximate surface area is 173 Å². The van der Waals surface area contributed by atoms with Crippen molar-refractivity contribution in [2.24, 2.45) is 4.99 Å². The third kappa shape index (κ3) is 7.27. The van der Waals surface area contributed by atoms with Gasteiger partial charge in [0, 0.05) is 38.5 Å². The van der Waals surface area contributed by atoms with E-state index in [0.717, 1.165) is 24.4 Å². The molecule has 1 aliphatic carbocycles. The van der Waals surface area contributed by atoms with Gasteiger partial charge in [-0.1, -0.05) is 18.6 Å². The molecule has 0 bridgehead atoms. The summed E-state index contributed by atoms with van der Waals surface area (Å²) in [5, 5.41) is 7.50. The first kappa shape index (κ1) is 23.0. The number of methoxy groups -OCH3 is 1. The molecule has 9 heteroatoms. The molecule has 0 amide bonds. The van der Waals surface area contributed by atoms with Crippen molar-refractivity contribution in [2.45, 2.75) is 48.4 Å². The molecule has 2 atom stereocenters. The van der Waals surface area contributed by atoms with E-state index in [1.165, 1.54) is 20.0 Å². The van der Waals surface area contributed by atoms with Crippen molar-refractivity contribution in [3.63, 3.8) is 0 Å². The van der Waals surface area contributed by atoms with Crippen LogP contribution in [-0.2, 0) is 21.3 Å². The number of hydrogen-bond acceptors (Lipinski definition) is 5. The second-order valence-electron chi connectivity index (χ2n) is 6.83. The molecule has 7 nitrogen and oxygen atoms in total. The van der Waals surface area contributed by atoms with Gasteiger partial charge in [-0.05, 0) is 43.2 Å². The topological polar surface area (TPSA) is 91.8 Å². The molecule has 158 valence electrons. The molecule has 1 fully saturated rings. The molecule has 1 aromatic rings. The summed E-state index contributed by atoms with van der Waals surface area (Å²) in [4.78, 5) is 4.56. The largest absolute Gasteiger partial charge is 0.383 e. The number of guanidine groups is 1. The normalized spacial score (nSPS) is 20.8. The Kier molecular flexibility index (Phi) is 9.57. The molecule has 2 unspecified atom stereocenters. The summed E-state index contributed by atoms with van der Waals surface area (Å²) in [6.45, 7) is 1.08. The lowest BCUT2D eigenvalue weighted by Gasteiger charge is -2.29. The van der Waals surface area contributed by atoms with Crippen LogP contribution in [-0.4, -0.2) is 59.2 Å². The predicted octanol–water partition coefficient (Wildman–Crippen LogP) is 1.95. The van der Waals surface area contributed by atoms with Crippen LogP contribution in [0.3, 0.4) is 0 Å². The summed E-state index contributed by atoms with van der Waals surface area (Å²) in [5.74, 6) is 0.748. The van der Waals surface area contributed by atoms with Crippen LogP contribution in [0.15, 0.2) is 34.2 Å². The van der Waals surface area contributed by atoms with E-state index in [4.69, 9.17) is 4.74 Å². The molecule has 0 spiro atoms. The molecule has 0 aromatic heterocycles. The Bertz CT molecular complexity index is 740. The second-order valence-corrected chi connectivity index (χ2v) is 9.73. The number of benzene rings is 1. The van der Waals surface area contributed by atoms with Crippen molar-refractivity contribution in [3.05, 3.63) is 29.8 Å². The smallest absolute Gasteiger partial charge is 0.240 e. The Morgan fingerprint density at radius 2 is 2.18 bits per heavy atom. The summed E-state index contributed by atoms with van der Waals surface area (Å²) < 4.78 is 32.1. The average molecular weight is 429 g/mol. The SMILES string of the molecule is CN=C(NCc1cccc(S(=O)(=O)NCCOC)c1)NC1CCCC(SC)C1. The van der Waals surface area contributed by atoms with Crippen LogP contribution >= 0.6 is 11.8 Å². The van der Waals surface area contributed by atoms with Crippen LogP contribution in [0.4, 0.5) is 0 Å². The highest BCUT2D eigenvalue weighted by Gasteiger charge is 2.22. The van der Waals surface area contributed by atoms with Gasteiger partial charge in [-0.3, -0.25) is 4.99 Å². The number of thioether (sulfide) groups is 1. The maximum atomic E-state index is 12.4. The maximum absolute atomic E-state index is 12.4. The van der Waals surface area contributed by atoms with E-state index in [-0.39, 0.29) is 11.4 Å². The minimum atomic E-state index is -3.54. The number of nitrogens with zero attached hydrogens (tertiary/aromatic N) is 1. The highest BCUT2D eigenvalue weighted by Crippen LogP contribution is 2.26. The zero-order valence-corrected chi connectivity index (χ0v) is 18.5. The zero-order chi connectivity index (χ0) is 20.4. The van der Waals surface area contributed by atoms with Crippen molar-refractivity contribution in [2.75, 3.05) is 33.6 Å². The first-order valence-corrected chi connectivity index (χ1v) is 12.3. The summed E-state index contributed by atoms with van der Waals surface area (Å²) in [6, 6.07) is 7.35. The van der Waals surface area contributed by atoms with Crippen molar-refractivity contribution in [3.8, 4) is 0 Å². The fraction of sp³-hybridized carbons (Fsp3) is 0.632. The molecule has 0 radical (unpaired) electrons. The van der Waals surface area contributed by atoms with Crippen LogP contribution in [0.5, 0.6) is 0 Å². The van der Waals surface area contributed by atoms with Gasteiger partial charge < -0.3 is 15.4 Å². The third-order valence-corrected chi connectivity index (χ3v) is 7.34. The van der Waals surface area contributed by atoms with Gasteiger partial charge in [0.15, 0.2) is 5.96 Å². The number of sulfonamides is 1. The Morgan fingerprint density at radius 3 is 2.89 bits per heavy atom. The highest BCUT2D eigenvalue weighted by atomic mass is 32.2. The van der Waals surface area contributed by atoms with E-state index in [1.807, 2.05) is 17.8 Å². The summed E-state index contributed by atoms with van der Waals surface area (Å²) >= 11 is 1.93. The molecule has 1 aromatic carbocycles. The Hall–Kier alpha value is -1.29. The lowest BCUT2D eigenvalue weighted by atomic mass is 9.95. The molecule has 28 heavy (non-hydrogen) atoms. The monoisotopic (exact) mass is 428 g/mol. The summed E-state index contributed by atoms with van der Waals surface area (Å²) in [7, 11) is -0.244. The molecule has 1 aliphatic rings. The van der Waals surface area contributed by atoms with Crippen molar-refractivity contribution < 1.29 is 13.2 Å². The predicted molar refractivity (Wildman–Crippen MR) is 116 cm³/mol. The molecule has 3 N–H and O–H groups in total. The van der Waals surface area contributed by atoms with Gasteiger partial charge in [0.05, 0.1) is 11.5 Å². The molecular formula is C19H32N4O3S2. The number of hydrogen-bond donors (Lipinski definition) is 3. The number of rotatable bonds is 9. The van der Waals surface area contributed by atoms with Crippen LogP contribution < -0.4 is 15.4 Å². The summed E-state index contributed by atoms with van der Waals surface area (Å²) in [6.07, 6.45) is 6.98. The molecule has 2 rings (SSSR count). The molecular weight excluding hydrogens is 396 g/mol. The molecule has 0 aliphatic heterocycles. The standard InChI is InChI=1S/C19H32N4O3S2/c1-20-19(23-16-7-5-8-17(13-16)27-3)21-14-15-6-4-9-18(12-15)28(24,25)22-10-11-26-2/h4,6,9,12,16-17,22H,5,7-8,10-11,13-14H2,1-3H3,(H2,20,21,23). The van der Waals surface area contributed by atoms with Gasteiger partial charge in [-0.2, -0.15) is 11.8 Å². The Balaban J connectivity index is 1.92. The van der Waals surface area contributed by atoms with Gasteiger partial charge in [-0.15, -0.1) is 0 Å². The van der Waals surface area contributed by atoms with Crippen molar-refractivity contribution in [1.82, 2.24) is 15.4 Å². The molecule has 0 saturated heterocycles. The summed E-state index contributed by atoms with van der Waals surface area (Å²) in [5.41, 5.74) is 0.878. The van der Waals surface area contributed by atoms with E-state index >= 15 is 0 Å². The lowest BCUT2D eigenvalue weighted by molar-refractivity contribution is 0.204. The number of nitrogens with one attached hydrogen (secondary N) is 3.